The molecule has 0 radical (unpaired) electrons. The molecule has 7 nitrogen and oxygen atoms in total. The minimum absolute atomic E-state index is 0.193. The number of hydrogen-bond acceptors (Lipinski definition) is 5. The Kier molecular flexibility index (Phi) is 7.89. The van der Waals surface area contributed by atoms with E-state index in [0.29, 0.717) is 17.9 Å². The molecule has 0 aliphatic carbocycles. The molecule has 1 N–H and O–H groups in total. The van der Waals surface area contributed by atoms with Crippen LogP contribution in [0.5, 0.6) is 5.75 Å². The second kappa shape index (κ2) is 11.8. The van der Waals surface area contributed by atoms with Crippen molar-refractivity contribution in [3.05, 3.63) is 138 Å². The van der Waals surface area contributed by atoms with E-state index in [4.69, 9.17) is 4.74 Å². The van der Waals surface area contributed by atoms with E-state index >= 15 is 0 Å². The van der Waals surface area contributed by atoms with E-state index in [0.717, 1.165) is 16.9 Å². The number of hydrogen-bond donors (Lipinski definition) is 1. The Morgan fingerprint density at radius 3 is 2.23 bits per heavy atom. The van der Waals surface area contributed by atoms with Gasteiger partial charge in [-0.15, -0.1) is 0 Å². The molecular formula is C32H27N3O4S. The summed E-state index contributed by atoms with van der Waals surface area (Å²) >= 11 is 0. The van der Waals surface area contributed by atoms with Crippen molar-refractivity contribution in [1.29, 1.82) is 0 Å². The molecule has 0 aliphatic rings. The molecule has 0 heterocycles. The number of carbonyl (C=O) groups excluding carboxylic acids is 1. The molecule has 0 fully saturated rings. The number of carbonyl (C=O) groups is 1. The summed E-state index contributed by atoms with van der Waals surface area (Å²) in [6.07, 6.45) is 1.54. The van der Waals surface area contributed by atoms with E-state index in [2.05, 4.69) is 40.9 Å². The molecule has 0 unspecified atom stereocenters. The minimum atomic E-state index is -3.70. The summed E-state index contributed by atoms with van der Waals surface area (Å²) in [5.74, 6) is 0.320. The number of hydrazone groups is 1. The molecule has 200 valence electrons. The number of nitrogens with zero attached hydrogens (tertiary/aromatic N) is 2. The second-order valence-electron chi connectivity index (χ2n) is 9.07. The number of nitrogens with one attached hydrogen (secondary N) is 1. The highest BCUT2D eigenvalue weighted by molar-refractivity contribution is 7.92. The third-order valence-electron chi connectivity index (χ3n) is 6.37. The molecule has 5 rings (SSSR count). The molecular weight excluding hydrogens is 522 g/mol. The minimum Gasteiger partial charge on any atom is -0.489 e. The van der Waals surface area contributed by atoms with Crippen molar-refractivity contribution in [3.8, 4) is 5.75 Å². The van der Waals surface area contributed by atoms with E-state index in [1.807, 2.05) is 36.4 Å². The highest BCUT2D eigenvalue weighted by Crippen LogP contribution is 2.22. The van der Waals surface area contributed by atoms with E-state index in [1.54, 1.807) is 60.8 Å². The van der Waals surface area contributed by atoms with E-state index in [1.165, 1.54) is 22.1 Å². The van der Waals surface area contributed by atoms with Gasteiger partial charge < -0.3 is 4.74 Å². The molecule has 0 aliphatic heterocycles. The first-order chi connectivity index (χ1) is 19.4. The third-order valence-corrected chi connectivity index (χ3v) is 8.17. The largest absolute Gasteiger partial charge is 0.489 e. The van der Waals surface area contributed by atoms with Crippen molar-refractivity contribution in [2.24, 2.45) is 5.10 Å². The van der Waals surface area contributed by atoms with Crippen LogP contribution in [0, 0.1) is 0 Å². The lowest BCUT2D eigenvalue weighted by Gasteiger charge is -2.19. The predicted molar refractivity (Wildman–Crippen MR) is 158 cm³/mol. The van der Waals surface area contributed by atoms with Gasteiger partial charge in [-0.1, -0.05) is 54.6 Å². The summed E-state index contributed by atoms with van der Waals surface area (Å²) in [4.78, 5) is 12.7. The molecule has 0 spiro atoms. The van der Waals surface area contributed by atoms with Gasteiger partial charge in [0.15, 0.2) is 0 Å². The van der Waals surface area contributed by atoms with Gasteiger partial charge >= 0.3 is 0 Å². The fourth-order valence-corrected chi connectivity index (χ4v) is 5.30. The zero-order valence-corrected chi connectivity index (χ0v) is 22.6. The van der Waals surface area contributed by atoms with Gasteiger partial charge in [0, 0.05) is 12.6 Å². The lowest BCUT2D eigenvalue weighted by molar-refractivity contribution is 0.0955. The zero-order chi connectivity index (χ0) is 28.0. The Morgan fingerprint density at radius 2 is 1.50 bits per heavy atom. The van der Waals surface area contributed by atoms with Gasteiger partial charge in [0.2, 0.25) is 0 Å². The van der Waals surface area contributed by atoms with Crippen LogP contribution in [-0.2, 0) is 16.6 Å². The first kappa shape index (κ1) is 26.6. The fraction of sp³-hybridized carbons (Fsp3) is 0.0625. The lowest BCUT2D eigenvalue weighted by Crippen LogP contribution is -2.26. The zero-order valence-electron chi connectivity index (χ0n) is 21.8. The number of anilines is 1. The van der Waals surface area contributed by atoms with Crippen molar-refractivity contribution in [2.45, 2.75) is 11.5 Å². The first-order valence-electron chi connectivity index (χ1n) is 12.6. The summed E-state index contributed by atoms with van der Waals surface area (Å²) < 4.78 is 32.7. The molecule has 0 aromatic heterocycles. The monoisotopic (exact) mass is 549 g/mol. The van der Waals surface area contributed by atoms with Gasteiger partial charge in [0.05, 0.1) is 16.8 Å². The Morgan fingerprint density at radius 1 is 0.825 bits per heavy atom. The molecule has 40 heavy (non-hydrogen) atoms. The van der Waals surface area contributed by atoms with Crippen molar-refractivity contribution >= 4 is 38.6 Å². The maximum Gasteiger partial charge on any atom is 0.271 e. The lowest BCUT2D eigenvalue weighted by atomic mass is 10.1. The second-order valence-corrected chi connectivity index (χ2v) is 11.0. The average Bonchev–Trinajstić information content (AvgIpc) is 3.00. The maximum atomic E-state index is 12.8. The topological polar surface area (TPSA) is 88.1 Å². The standard InChI is InChI=1S/C32H27N3O4S/c1-35(40(37,38)31-9-3-2-4-10-31)29-17-15-27(16-18-29)32(36)34-33-22-24-12-19-30(20-13-24)39-23-25-11-14-26-7-5-6-8-28(26)21-25/h2-22H,23H2,1H3,(H,34,36)/b33-22-. The van der Waals surface area contributed by atoms with Crippen LogP contribution in [-0.4, -0.2) is 27.6 Å². The summed E-state index contributed by atoms with van der Waals surface area (Å²) in [7, 11) is -2.23. The quantitative estimate of drug-likeness (QED) is 0.180. The molecule has 0 atom stereocenters. The molecule has 0 saturated carbocycles. The van der Waals surface area contributed by atoms with Crippen LogP contribution in [0.1, 0.15) is 21.5 Å². The molecule has 5 aromatic carbocycles. The van der Waals surface area contributed by atoms with Crippen LogP contribution in [0.3, 0.4) is 0 Å². The van der Waals surface area contributed by atoms with E-state index in [-0.39, 0.29) is 4.90 Å². The number of benzene rings is 5. The van der Waals surface area contributed by atoms with Crippen LogP contribution in [0.2, 0.25) is 0 Å². The Balaban J connectivity index is 1.14. The molecule has 0 saturated heterocycles. The van der Waals surface area contributed by atoms with Crippen molar-refractivity contribution < 1.29 is 17.9 Å². The fourth-order valence-electron chi connectivity index (χ4n) is 4.09. The highest BCUT2D eigenvalue weighted by Gasteiger charge is 2.21. The third kappa shape index (κ3) is 6.19. The summed E-state index contributed by atoms with van der Waals surface area (Å²) in [5, 5.41) is 6.41. The van der Waals surface area contributed by atoms with E-state index in [9.17, 15) is 13.2 Å². The van der Waals surface area contributed by atoms with Crippen molar-refractivity contribution in [2.75, 3.05) is 11.4 Å². The SMILES string of the molecule is CN(c1ccc(C(=O)N/N=C\c2ccc(OCc3ccc4ccccc4c3)cc2)cc1)S(=O)(=O)c1ccccc1. The highest BCUT2D eigenvalue weighted by atomic mass is 32.2. The van der Waals surface area contributed by atoms with Crippen molar-refractivity contribution in [3.63, 3.8) is 0 Å². The van der Waals surface area contributed by atoms with Crippen LogP contribution in [0.4, 0.5) is 5.69 Å². The molecule has 0 bridgehead atoms. The van der Waals surface area contributed by atoms with Gasteiger partial charge in [-0.2, -0.15) is 5.10 Å². The Bertz CT molecular complexity index is 1750. The van der Waals surface area contributed by atoms with Crippen LogP contribution >= 0.6 is 0 Å². The van der Waals surface area contributed by atoms with E-state index < -0.39 is 15.9 Å². The summed E-state index contributed by atoms with van der Waals surface area (Å²) in [5.41, 5.74) is 5.16. The Labute approximate surface area is 233 Å². The maximum absolute atomic E-state index is 12.8. The molecule has 5 aromatic rings. The normalized spacial score (nSPS) is 11.4. The Hall–Kier alpha value is -4.95. The number of amides is 1. The van der Waals surface area contributed by atoms with Gasteiger partial charge in [0.25, 0.3) is 15.9 Å². The number of fused-ring (bicyclic) bond motifs is 1. The predicted octanol–water partition coefficient (Wildman–Crippen LogP) is 6.01. The van der Waals surface area contributed by atoms with Crippen LogP contribution < -0.4 is 14.5 Å². The van der Waals surface area contributed by atoms with Crippen LogP contribution in [0.25, 0.3) is 10.8 Å². The van der Waals surface area contributed by atoms with Gasteiger partial charge in [-0.05, 0) is 88.6 Å². The number of rotatable bonds is 9. The molecule has 1 amide bonds. The van der Waals surface area contributed by atoms with Crippen molar-refractivity contribution in [1.82, 2.24) is 5.43 Å². The average molecular weight is 550 g/mol. The first-order valence-corrected chi connectivity index (χ1v) is 14.0. The molecule has 8 heteroatoms. The van der Waals surface area contributed by atoms with Gasteiger partial charge in [-0.3, -0.25) is 9.10 Å². The number of ether oxygens (including phenoxy) is 1. The van der Waals surface area contributed by atoms with Gasteiger partial charge in [0.1, 0.15) is 12.4 Å². The summed E-state index contributed by atoms with van der Waals surface area (Å²) in [6, 6.07) is 36.3. The van der Waals surface area contributed by atoms with Gasteiger partial charge in [-0.25, -0.2) is 13.8 Å². The number of sulfonamides is 1. The smallest absolute Gasteiger partial charge is 0.271 e. The van der Waals surface area contributed by atoms with Crippen LogP contribution in [0.15, 0.2) is 131 Å². The summed E-state index contributed by atoms with van der Waals surface area (Å²) in [6.45, 7) is 0.459.